The topological polar surface area (TPSA) is 110 Å². The third-order valence-corrected chi connectivity index (χ3v) is 8.50. The van der Waals surface area contributed by atoms with E-state index < -0.39 is 17.5 Å². The standard InChI is InChI=1S/C27H27F2N5O3S/c1-4-19(35)34(3)9-10-37-23-22(31-13-32-25(23)30)16-11-15(28)12-17(14(16)2)33-26(36)24-21(29)20-18(38-24)5-6-27(20)7-8-27/h4,11-13H,1,5-10H2,2-3H3,(H,33,36)(H2,30,31,32). The molecule has 0 unspecified atom stereocenters. The van der Waals surface area contributed by atoms with E-state index in [2.05, 4.69) is 21.9 Å². The summed E-state index contributed by atoms with van der Waals surface area (Å²) < 4.78 is 35.9. The van der Waals surface area contributed by atoms with Crippen molar-refractivity contribution in [2.45, 2.75) is 38.0 Å². The maximum atomic E-state index is 15.3. The molecule has 1 saturated carbocycles. The summed E-state index contributed by atoms with van der Waals surface area (Å²) in [6.07, 6.45) is 6.04. The lowest BCUT2D eigenvalue weighted by atomic mass is 10.00. The van der Waals surface area contributed by atoms with Gasteiger partial charge in [-0.15, -0.1) is 11.3 Å². The molecule has 1 fully saturated rings. The van der Waals surface area contributed by atoms with E-state index in [1.807, 2.05) is 0 Å². The van der Waals surface area contributed by atoms with E-state index in [4.69, 9.17) is 10.5 Å². The maximum absolute atomic E-state index is 15.3. The van der Waals surface area contributed by atoms with Gasteiger partial charge in [0.2, 0.25) is 5.91 Å². The molecule has 11 heteroatoms. The van der Waals surface area contributed by atoms with E-state index in [0.717, 1.165) is 30.6 Å². The monoisotopic (exact) mass is 539 g/mol. The van der Waals surface area contributed by atoms with Gasteiger partial charge in [0, 0.05) is 28.7 Å². The Balaban J connectivity index is 1.42. The molecule has 38 heavy (non-hydrogen) atoms. The molecule has 3 aromatic rings. The number of benzene rings is 1. The molecular formula is C27H27F2N5O3S. The molecule has 0 bridgehead atoms. The van der Waals surface area contributed by atoms with Gasteiger partial charge < -0.3 is 20.7 Å². The van der Waals surface area contributed by atoms with E-state index in [1.54, 1.807) is 14.0 Å². The van der Waals surface area contributed by atoms with E-state index in [1.165, 1.54) is 40.8 Å². The van der Waals surface area contributed by atoms with Crippen LogP contribution >= 0.6 is 11.3 Å². The molecule has 8 nitrogen and oxygen atoms in total. The number of carbonyl (C=O) groups is 2. The van der Waals surface area contributed by atoms with Crippen molar-refractivity contribution < 1.29 is 23.1 Å². The van der Waals surface area contributed by atoms with Gasteiger partial charge in [0.25, 0.3) is 5.91 Å². The number of hydrogen-bond acceptors (Lipinski definition) is 7. The second-order valence-electron chi connectivity index (χ2n) is 9.65. The van der Waals surface area contributed by atoms with Crippen LogP contribution in [0.2, 0.25) is 0 Å². The van der Waals surface area contributed by atoms with Gasteiger partial charge in [0.1, 0.15) is 29.3 Å². The van der Waals surface area contributed by atoms with Gasteiger partial charge >= 0.3 is 0 Å². The first-order valence-electron chi connectivity index (χ1n) is 12.2. The molecule has 2 aliphatic rings. The number of aryl methyl sites for hydroxylation is 1. The highest BCUT2D eigenvalue weighted by Crippen LogP contribution is 2.59. The Morgan fingerprint density at radius 3 is 2.76 bits per heavy atom. The van der Waals surface area contributed by atoms with E-state index in [-0.39, 0.29) is 52.3 Å². The second-order valence-corrected chi connectivity index (χ2v) is 10.8. The van der Waals surface area contributed by atoms with Crippen molar-refractivity contribution >= 4 is 34.7 Å². The summed E-state index contributed by atoms with van der Waals surface area (Å²) in [6, 6.07) is 2.43. The number of fused-ring (bicyclic) bond motifs is 2. The molecule has 198 valence electrons. The average Bonchev–Trinajstić information content (AvgIpc) is 3.47. The second kappa shape index (κ2) is 9.79. The molecule has 0 aliphatic heterocycles. The minimum atomic E-state index is -0.633. The van der Waals surface area contributed by atoms with Crippen molar-refractivity contribution in [3.8, 4) is 17.0 Å². The van der Waals surface area contributed by atoms with Crippen LogP contribution in [0.1, 0.15) is 44.9 Å². The molecular weight excluding hydrogens is 512 g/mol. The summed E-state index contributed by atoms with van der Waals surface area (Å²) in [5.74, 6) is -1.82. The molecule has 2 aliphatic carbocycles. The first-order valence-corrected chi connectivity index (χ1v) is 13.0. The number of nitrogen functional groups attached to an aromatic ring is 1. The SMILES string of the molecule is C=CC(=O)N(C)CCOc1c(N)ncnc1-c1cc(F)cc(NC(=O)c2sc3c(c2F)C2(CC3)CC2)c1C. The van der Waals surface area contributed by atoms with Gasteiger partial charge in [-0.2, -0.15) is 0 Å². The van der Waals surface area contributed by atoms with Crippen LogP contribution in [-0.2, 0) is 16.6 Å². The van der Waals surface area contributed by atoms with Gasteiger partial charge in [0.05, 0.1) is 6.54 Å². The molecule has 1 aromatic carbocycles. The number of carbonyl (C=O) groups excluding carboxylic acids is 2. The van der Waals surface area contributed by atoms with Crippen LogP contribution in [0.15, 0.2) is 31.1 Å². The fraction of sp³-hybridized carbons (Fsp3) is 0.333. The van der Waals surface area contributed by atoms with Gasteiger partial charge in [-0.05, 0) is 61.8 Å². The van der Waals surface area contributed by atoms with Crippen LogP contribution in [0.25, 0.3) is 11.3 Å². The number of nitrogens with two attached hydrogens (primary N) is 1. The molecule has 0 atom stereocenters. The quantitative estimate of drug-likeness (QED) is 0.404. The fourth-order valence-electron chi connectivity index (χ4n) is 4.94. The number of aromatic nitrogens is 2. The molecule has 2 amide bonds. The number of halogens is 2. The van der Waals surface area contributed by atoms with Crippen molar-refractivity contribution in [2.75, 3.05) is 31.2 Å². The number of ether oxygens (including phenoxy) is 1. The molecule has 2 heterocycles. The van der Waals surface area contributed by atoms with E-state index in [9.17, 15) is 14.0 Å². The maximum Gasteiger partial charge on any atom is 0.268 e. The molecule has 0 saturated heterocycles. The molecule has 1 spiro atoms. The van der Waals surface area contributed by atoms with Gasteiger partial charge in [-0.25, -0.2) is 18.7 Å². The summed E-state index contributed by atoms with van der Waals surface area (Å²) in [5.41, 5.74) is 7.87. The number of amides is 2. The first-order chi connectivity index (χ1) is 18.1. The third-order valence-electron chi connectivity index (χ3n) is 7.27. The van der Waals surface area contributed by atoms with Crippen LogP contribution in [0.3, 0.4) is 0 Å². The number of likely N-dealkylation sites (N-methyl/N-ethyl adjacent to an activating group) is 1. The van der Waals surface area contributed by atoms with Crippen molar-refractivity contribution in [2.24, 2.45) is 0 Å². The Bertz CT molecular complexity index is 1470. The predicted octanol–water partition coefficient (Wildman–Crippen LogP) is 4.63. The van der Waals surface area contributed by atoms with Crippen LogP contribution in [0.4, 0.5) is 20.3 Å². The Labute approximate surface area is 222 Å². The van der Waals surface area contributed by atoms with Crippen molar-refractivity contribution in [1.29, 1.82) is 0 Å². The van der Waals surface area contributed by atoms with Crippen LogP contribution < -0.4 is 15.8 Å². The Kier molecular flexibility index (Phi) is 6.64. The van der Waals surface area contributed by atoms with E-state index in [0.29, 0.717) is 16.7 Å². The number of anilines is 2. The smallest absolute Gasteiger partial charge is 0.268 e. The zero-order valence-corrected chi connectivity index (χ0v) is 21.9. The normalized spacial score (nSPS) is 14.7. The summed E-state index contributed by atoms with van der Waals surface area (Å²) >= 11 is 1.18. The lowest BCUT2D eigenvalue weighted by Crippen LogP contribution is -2.29. The van der Waals surface area contributed by atoms with Crippen molar-refractivity contribution in [1.82, 2.24) is 14.9 Å². The van der Waals surface area contributed by atoms with Gasteiger partial charge in [-0.1, -0.05) is 6.58 Å². The van der Waals surface area contributed by atoms with Gasteiger partial charge in [0.15, 0.2) is 17.4 Å². The van der Waals surface area contributed by atoms with Crippen molar-refractivity contribution in [3.63, 3.8) is 0 Å². The predicted molar refractivity (Wildman–Crippen MR) is 141 cm³/mol. The number of nitrogens with one attached hydrogen (secondary N) is 1. The number of hydrogen-bond donors (Lipinski definition) is 2. The highest BCUT2D eigenvalue weighted by Gasteiger charge is 2.52. The largest absolute Gasteiger partial charge is 0.486 e. The summed E-state index contributed by atoms with van der Waals surface area (Å²) in [7, 11) is 1.60. The summed E-state index contributed by atoms with van der Waals surface area (Å²) in [4.78, 5) is 35.4. The third kappa shape index (κ3) is 4.51. The Morgan fingerprint density at radius 2 is 2.05 bits per heavy atom. The highest BCUT2D eigenvalue weighted by atomic mass is 32.1. The van der Waals surface area contributed by atoms with Crippen LogP contribution in [0, 0.1) is 18.6 Å². The number of nitrogens with zero attached hydrogens (tertiary/aromatic N) is 3. The first kappa shape index (κ1) is 25.8. The zero-order chi connectivity index (χ0) is 27.2. The fourth-order valence-corrected chi connectivity index (χ4v) is 6.13. The lowest BCUT2D eigenvalue weighted by molar-refractivity contribution is -0.125. The van der Waals surface area contributed by atoms with E-state index >= 15 is 4.39 Å². The molecule has 5 rings (SSSR count). The minimum Gasteiger partial charge on any atom is -0.486 e. The van der Waals surface area contributed by atoms with Crippen LogP contribution in [-0.4, -0.2) is 46.9 Å². The summed E-state index contributed by atoms with van der Waals surface area (Å²) in [6.45, 7) is 5.45. The molecule has 3 N–H and O–H groups in total. The van der Waals surface area contributed by atoms with Crippen LogP contribution in [0.5, 0.6) is 5.75 Å². The molecule has 0 radical (unpaired) electrons. The highest BCUT2D eigenvalue weighted by molar-refractivity contribution is 7.14. The number of rotatable bonds is 8. The van der Waals surface area contributed by atoms with Crippen molar-refractivity contribution in [3.05, 3.63) is 63.6 Å². The zero-order valence-electron chi connectivity index (χ0n) is 21.1. The summed E-state index contributed by atoms with van der Waals surface area (Å²) in [5, 5.41) is 2.69. The van der Waals surface area contributed by atoms with Gasteiger partial charge in [-0.3, -0.25) is 9.59 Å². The molecule has 2 aromatic heterocycles. The minimum absolute atomic E-state index is 0.0136. The average molecular weight is 540 g/mol. The Morgan fingerprint density at radius 1 is 1.29 bits per heavy atom. The number of thiophene rings is 1. The lowest BCUT2D eigenvalue weighted by Gasteiger charge is -2.18. The Hall–Kier alpha value is -3.86.